The Hall–Kier alpha value is -1.04. The van der Waals surface area contributed by atoms with Gasteiger partial charge in [0, 0.05) is 17.6 Å². The predicted octanol–water partition coefficient (Wildman–Crippen LogP) is 2.46. The molecule has 0 atom stereocenters. The average Bonchev–Trinajstić information content (AvgIpc) is 2.98. The highest BCUT2D eigenvalue weighted by Crippen LogP contribution is 2.21. The highest BCUT2D eigenvalue weighted by Gasteiger charge is 2.20. The fourth-order valence-corrected chi connectivity index (χ4v) is 1.55. The number of hydrogen-bond acceptors (Lipinski definition) is 2. The van der Waals surface area contributed by atoms with Gasteiger partial charge in [-0.15, -0.1) is 0 Å². The Bertz CT molecular complexity index is 377. The van der Waals surface area contributed by atoms with Crippen molar-refractivity contribution in [2.24, 2.45) is 0 Å². The Morgan fingerprint density at radius 1 is 1.50 bits per heavy atom. The summed E-state index contributed by atoms with van der Waals surface area (Å²) in [6, 6.07) is 8.20. The van der Waals surface area contributed by atoms with Crippen LogP contribution in [0.1, 0.15) is 24.0 Å². The van der Waals surface area contributed by atoms with Crippen molar-refractivity contribution in [2.45, 2.75) is 25.4 Å². The summed E-state index contributed by atoms with van der Waals surface area (Å²) < 4.78 is 0. The minimum absolute atomic E-state index is 0.653. The van der Waals surface area contributed by atoms with E-state index in [4.69, 9.17) is 16.9 Å². The van der Waals surface area contributed by atoms with Gasteiger partial charge in [0.1, 0.15) is 0 Å². The maximum Gasteiger partial charge on any atom is 0.0995 e. The summed E-state index contributed by atoms with van der Waals surface area (Å²) >= 11 is 5.87. The molecule has 1 aliphatic carbocycles. The van der Waals surface area contributed by atoms with Crippen LogP contribution in [0.25, 0.3) is 0 Å². The summed E-state index contributed by atoms with van der Waals surface area (Å²) in [6.07, 6.45) is 2.50. The molecule has 14 heavy (non-hydrogen) atoms. The molecule has 1 fully saturated rings. The maximum absolute atomic E-state index is 8.87. The molecule has 0 unspecified atom stereocenters. The molecule has 2 nitrogen and oxygen atoms in total. The van der Waals surface area contributed by atoms with E-state index in [2.05, 4.69) is 11.4 Å². The Morgan fingerprint density at radius 2 is 2.29 bits per heavy atom. The molecule has 72 valence electrons. The van der Waals surface area contributed by atoms with Crippen LogP contribution in [0, 0.1) is 11.3 Å². The summed E-state index contributed by atoms with van der Waals surface area (Å²) in [7, 11) is 0. The van der Waals surface area contributed by atoms with Crippen LogP contribution in [-0.2, 0) is 6.54 Å². The number of nitriles is 1. The zero-order valence-electron chi connectivity index (χ0n) is 7.76. The molecule has 1 N–H and O–H groups in total. The van der Waals surface area contributed by atoms with Crippen LogP contribution >= 0.6 is 11.6 Å². The molecular formula is C11H11ClN2. The van der Waals surface area contributed by atoms with Crippen molar-refractivity contribution >= 4 is 11.6 Å². The summed E-state index contributed by atoms with van der Waals surface area (Å²) in [5.74, 6) is 0. The minimum Gasteiger partial charge on any atom is -0.310 e. The summed E-state index contributed by atoms with van der Waals surface area (Å²) in [4.78, 5) is 0. The molecule has 0 heterocycles. The fraction of sp³-hybridized carbons (Fsp3) is 0.364. The molecule has 0 aliphatic heterocycles. The zero-order valence-corrected chi connectivity index (χ0v) is 8.51. The lowest BCUT2D eigenvalue weighted by Gasteiger charge is -2.05. The first-order chi connectivity index (χ1) is 6.79. The maximum atomic E-state index is 8.87. The smallest absolute Gasteiger partial charge is 0.0995 e. The molecule has 0 aromatic heterocycles. The molecule has 0 radical (unpaired) electrons. The second-order valence-electron chi connectivity index (χ2n) is 3.57. The van der Waals surface area contributed by atoms with Gasteiger partial charge in [0.2, 0.25) is 0 Å². The lowest BCUT2D eigenvalue weighted by molar-refractivity contribution is 0.687. The van der Waals surface area contributed by atoms with Crippen LogP contribution < -0.4 is 5.32 Å². The monoisotopic (exact) mass is 206 g/mol. The van der Waals surface area contributed by atoms with Crippen molar-refractivity contribution in [3.63, 3.8) is 0 Å². The molecule has 0 bridgehead atoms. The van der Waals surface area contributed by atoms with E-state index < -0.39 is 0 Å². The van der Waals surface area contributed by atoms with Gasteiger partial charge < -0.3 is 5.32 Å². The average molecular weight is 207 g/mol. The van der Waals surface area contributed by atoms with Crippen LogP contribution in [0.4, 0.5) is 0 Å². The van der Waals surface area contributed by atoms with Crippen LogP contribution in [0.2, 0.25) is 5.02 Å². The Balaban J connectivity index is 2.12. The van der Waals surface area contributed by atoms with Gasteiger partial charge in [0.25, 0.3) is 0 Å². The third kappa shape index (κ3) is 2.25. The minimum atomic E-state index is 0.653. The quantitative estimate of drug-likeness (QED) is 0.825. The topological polar surface area (TPSA) is 35.8 Å². The molecule has 2 rings (SSSR count). The predicted molar refractivity (Wildman–Crippen MR) is 56.0 cm³/mol. The van der Waals surface area contributed by atoms with Crippen molar-refractivity contribution in [3.05, 3.63) is 34.3 Å². The third-order valence-corrected chi connectivity index (χ3v) is 2.58. The highest BCUT2D eigenvalue weighted by molar-refractivity contribution is 6.30. The fourth-order valence-electron chi connectivity index (χ4n) is 1.36. The molecule has 0 amide bonds. The molecule has 1 aliphatic rings. The van der Waals surface area contributed by atoms with Gasteiger partial charge in [-0.3, -0.25) is 0 Å². The first-order valence-electron chi connectivity index (χ1n) is 4.71. The van der Waals surface area contributed by atoms with E-state index in [1.165, 1.54) is 12.8 Å². The lowest BCUT2D eigenvalue weighted by Crippen LogP contribution is -2.16. The number of nitrogens with zero attached hydrogens (tertiary/aromatic N) is 1. The van der Waals surface area contributed by atoms with Crippen LogP contribution in [-0.4, -0.2) is 6.04 Å². The first-order valence-corrected chi connectivity index (χ1v) is 5.09. The number of benzene rings is 1. The first kappa shape index (κ1) is 9.51. The molecule has 0 saturated heterocycles. The van der Waals surface area contributed by atoms with Crippen molar-refractivity contribution in [3.8, 4) is 6.07 Å². The molecule has 0 spiro atoms. The van der Waals surface area contributed by atoms with Gasteiger partial charge in [-0.1, -0.05) is 11.6 Å². The van der Waals surface area contributed by atoms with E-state index in [1.807, 2.05) is 6.07 Å². The van der Waals surface area contributed by atoms with Crippen molar-refractivity contribution in [1.29, 1.82) is 5.26 Å². The van der Waals surface area contributed by atoms with Gasteiger partial charge in [0.05, 0.1) is 11.6 Å². The Kier molecular flexibility index (Phi) is 2.72. The largest absolute Gasteiger partial charge is 0.310 e. The van der Waals surface area contributed by atoms with Gasteiger partial charge in [-0.05, 0) is 36.6 Å². The molecule has 3 heteroatoms. The van der Waals surface area contributed by atoms with E-state index >= 15 is 0 Å². The van der Waals surface area contributed by atoms with Crippen molar-refractivity contribution in [1.82, 2.24) is 5.32 Å². The van der Waals surface area contributed by atoms with E-state index in [0.29, 0.717) is 16.6 Å². The van der Waals surface area contributed by atoms with Crippen LogP contribution in [0.5, 0.6) is 0 Å². The van der Waals surface area contributed by atoms with Crippen LogP contribution in [0.3, 0.4) is 0 Å². The van der Waals surface area contributed by atoms with Crippen molar-refractivity contribution < 1.29 is 0 Å². The number of rotatable bonds is 3. The van der Waals surface area contributed by atoms with E-state index in [0.717, 1.165) is 12.1 Å². The number of hydrogen-bond donors (Lipinski definition) is 1. The zero-order chi connectivity index (χ0) is 9.97. The second-order valence-corrected chi connectivity index (χ2v) is 4.00. The van der Waals surface area contributed by atoms with Gasteiger partial charge in [-0.25, -0.2) is 0 Å². The Morgan fingerprint density at radius 3 is 2.93 bits per heavy atom. The number of nitrogens with one attached hydrogen (secondary N) is 1. The number of halogens is 1. The normalized spacial score (nSPS) is 15.1. The third-order valence-electron chi connectivity index (χ3n) is 2.35. The van der Waals surface area contributed by atoms with Crippen LogP contribution in [0.15, 0.2) is 18.2 Å². The van der Waals surface area contributed by atoms with Gasteiger partial charge in [-0.2, -0.15) is 5.26 Å². The van der Waals surface area contributed by atoms with Gasteiger partial charge >= 0.3 is 0 Å². The Labute approximate surface area is 88.5 Å². The molecule has 1 aromatic carbocycles. The summed E-state index contributed by atoms with van der Waals surface area (Å²) in [5, 5.41) is 12.9. The van der Waals surface area contributed by atoms with E-state index in [1.54, 1.807) is 12.1 Å². The second kappa shape index (κ2) is 4.00. The van der Waals surface area contributed by atoms with E-state index in [9.17, 15) is 0 Å². The summed E-state index contributed by atoms with van der Waals surface area (Å²) in [5.41, 5.74) is 1.70. The SMILES string of the molecule is N#Cc1ccc(Cl)cc1CNC1CC1. The molecular weight excluding hydrogens is 196 g/mol. The van der Waals surface area contributed by atoms with E-state index in [-0.39, 0.29) is 0 Å². The molecule has 1 aromatic rings. The standard InChI is InChI=1S/C11H11ClN2/c12-10-2-1-8(6-13)9(5-10)7-14-11-3-4-11/h1-2,5,11,14H,3-4,7H2. The molecule has 1 saturated carbocycles. The van der Waals surface area contributed by atoms with Crippen molar-refractivity contribution in [2.75, 3.05) is 0 Å². The van der Waals surface area contributed by atoms with Gasteiger partial charge in [0.15, 0.2) is 0 Å². The lowest BCUT2D eigenvalue weighted by atomic mass is 10.1. The highest BCUT2D eigenvalue weighted by atomic mass is 35.5. The summed E-state index contributed by atoms with van der Waals surface area (Å²) in [6.45, 7) is 0.744.